The molecule has 1 heterocycles. The van der Waals surface area contributed by atoms with E-state index in [0.717, 1.165) is 24.6 Å². The summed E-state index contributed by atoms with van der Waals surface area (Å²) in [6, 6.07) is 7.38. The smallest absolute Gasteiger partial charge is 0.123 e. The van der Waals surface area contributed by atoms with Gasteiger partial charge < -0.3 is 10.1 Å². The lowest BCUT2D eigenvalue weighted by Crippen LogP contribution is -2.33. The van der Waals surface area contributed by atoms with Gasteiger partial charge >= 0.3 is 0 Å². The topological polar surface area (TPSA) is 21.3 Å². The number of benzene rings is 1. The van der Waals surface area contributed by atoms with Crippen molar-refractivity contribution in [2.45, 2.75) is 71.1 Å². The Morgan fingerprint density at radius 2 is 2.15 bits per heavy atom. The highest BCUT2D eigenvalue weighted by Crippen LogP contribution is 2.35. The second-order valence-corrected chi connectivity index (χ2v) is 7.33. The molecule has 1 aromatic rings. The van der Waals surface area contributed by atoms with Gasteiger partial charge in [0.05, 0.1) is 0 Å². The third-order valence-corrected chi connectivity index (χ3v) is 4.66. The number of rotatable bonds is 3. The van der Waals surface area contributed by atoms with Gasteiger partial charge in [0.15, 0.2) is 0 Å². The van der Waals surface area contributed by atoms with Crippen LogP contribution in [0.2, 0.25) is 0 Å². The number of nitrogens with one attached hydrogen (secondary N) is 1. The molecule has 0 radical (unpaired) electrons. The summed E-state index contributed by atoms with van der Waals surface area (Å²) in [4.78, 5) is 0. The molecule has 0 amide bonds. The summed E-state index contributed by atoms with van der Waals surface area (Å²) in [6.07, 6.45) is 6.48. The summed E-state index contributed by atoms with van der Waals surface area (Å²) in [6.45, 7) is 7.69. The van der Waals surface area contributed by atoms with Crippen molar-refractivity contribution in [1.82, 2.24) is 5.32 Å². The molecule has 110 valence electrons. The zero-order chi connectivity index (χ0) is 14.2. The summed E-state index contributed by atoms with van der Waals surface area (Å²) >= 11 is 0. The van der Waals surface area contributed by atoms with Crippen LogP contribution in [0.5, 0.6) is 5.75 Å². The predicted octanol–water partition coefficient (Wildman–Crippen LogP) is 4.07. The van der Waals surface area contributed by atoms with Crippen LogP contribution >= 0.6 is 0 Å². The van der Waals surface area contributed by atoms with E-state index in [9.17, 15) is 0 Å². The number of hydrogen-bond donors (Lipinski definition) is 1. The van der Waals surface area contributed by atoms with Gasteiger partial charge in [-0.05, 0) is 49.8 Å². The van der Waals surface area contributed by atoms with Crippen LogP contribution in [0.4, 0.5) is 0 Å². The second-order valence-electron chi connectivity index (χ2n) is 7.33. The molecule has 0 bridgehead atoms. The zero-order valence-electron chi connectivity index (χ0n) is 13.0. The first-order valence-electron chi connectivity index (χ1n) is 8.06. The van der Waals surface area contributed by atoms with Gasteiger partial charge in [-0.3, -0.25) is 0 Å². The van der Waals surface area contributed by atoms with Crippen LogP contribution in [0.1, 0.15) is 57.6 Å². The summed E-state index contributed by atoms with van der Waals surface area (Å²) < 4.78 is 5.94. The third-order valence-electron chi connectivity index (χ3n) is 4.66. The minimum Gasteiger partial charge on any atom is -0.487 e. The Morgan fingerprint density at radius 1 is 1.30 bits per heavy atom. The highest BCUT2D eigenvalue weighted by molar-refractivity contribution is 5.41. The first-order chi connectivity index (χ1) is 9.52. The lowest BCUT2D eigenvalue weighted by atomic mass is 9.87. The Morgan fingerprint density at radius 3 is 2.95 bits per heavy atom. The molecule has 1 fully saturated rings. The van der Waals surface area contributed by atoms with Crippen LogP contribution in [-0.4, -0.2) is 11.6 Å². The molecule has 0 spiro atoms. The van der Waals surface area contributed by atoms with Gasteiger partial charge in [-0.25, -0.2) is 0 Å². The van der Waals surface area contributed by atoms with E-state index in [2.05, 4.69) is 44.3 Å². The highest BCUT2D eigenvalue weighted by atomic mass is 16.5. The quantitative estimate of drug-likeness (QED) is 0.896. The minimum atomic E-state index is -0.0345. The molecule has 1 saturated carbocycles. The van der Waals surface area contributed by atoms with Gasteiger partial charge in [-0.2, -0.15) is 0 Å². The lowest BCUT2D eigenvalue weighted by Gasteiger charge is -2.27. The van der Waals surface area contributed by atoms with E-state index in [0.29, 0.717) is 6.04 Å². The van der Waals surface area contributed by atoms with Crippen molar-refractivity contribution in [3.05, 3.63) is 29.3 Å². The van der Waals surface area contributed by atoms with Crippen LogP contribution < -0.4 is 10.1 Å². The fourth-order valence-electron chi connectivity index (χ4n) is 3.65. The number of ether oxygens (including phenoxy) is 1. The molecule has 2 heteroatoms. The number of hydrogen-bond acceptors (Lipinski definition) is 2. The van der Waals surface area contributed by atoms with Gasteiger partial charge in [-0.1, -0.05) is 31.9 Å². The van der Waals surface area contributed by atoms with Crippen molar-refractivity contribution in [3.8, 4) is 5.75 Å². The summed E-state index contributed by atoms with van der Waals surface area (Å²) in [5, 5.41) is 3.74. The van der Waals surface area contributed by atoms with E-state index in [1.807, 2.05) is 0 Å². The van der Waals surface area contributed by atoms with E-state index in [1.54, 1.807) is 0 Å². The number of fused-ring (bicyclic) bond motifs is 1. The van der Waals surface area contributed by atoms with Gasteiger partial charge in [0.25, 0.3) is 0 Å². The van der Waals surface area contributed by atoms with Crippen molar-refractivity contribution < 1.29 is 4.74 Å². The van der Waals surface area contributed by atoms with Crippen LogP contribution in [0.3, 0.4) is 0 Å². The molecular formula is C18H27NO. The van der Waals surface area contributed by atoms with Crippen molar-refractivity contribution in [2.24, 2.45) is 5.92 Å². The van der Waals surface area contributed by atoms with Gasteiger partial charge in [0.1, 0.15) is 11.4 Å². The van der Waals surface area contributed by atoms with Crippen molar-refractivity contribution in [2.75, 3.05) is 0 Å². The molecule has 2 aliphatic rings. The molecule has 1 N–H and O–H groups in total. The zero-order valence-corrected chi connectivity index (χ0v) is 13.0. The summed E-state index contributed by atoms with van der Waals surface area (Å²) in [5.41, 5.74) is 2.72. The summed E-state index contributed by atoms with van der Waals surface area (Å²) in [5.74, 6) is 1.96. The SMILES string of the molecule is CC1CCCC(NCc2ccc3c(c2)CC(C)(C)O3)C1. The van der Waals surface area contributed by atoms with Crippen molar-refractivity contribution in [1.29, 1.82) is 0 Å². The molecule has 0 aromatic heterocycles. The maximum absolute atomic E-state index is 5.94. The maximum Gasteiger partial charge on any atom is 0.123 e. The van der Waals surface area contributed by atoms with Crippen molar-refractivity contribution >= 4 is 0 Å². The largest absolute Gasteiger partial charge is 0.487 e. The van der Waals surface area contributed by atoms with E-state index in [1.165, 1.54) is 36.8 Å². The molecule has 2 atom stereocenters. The average molecular weight is 273 g/mol. The Bertz CT molecular complexity index is 480. The molecule has 2 unspecified atom stereocenters. The van der Waals surface area contributed by atoms with Gasteiger partial charge in [0.2, 0.25) is 0 Å². The standard InChI is InChI=1S/C18H27NO/c1-13-5-4-6-16(9-13)19-12-14-7-8-17-15(10-14)11-18(2,3)20-17/h7-8,10,13,16,19H,4-6,9,11-12H2,1-3H3. The van der Waals surface area contributed by atoms with Crippen molar-refractivity contribution in [3.63, 3.8) is 0 Å². The molecule has 2 nitrogen and oxygen atoms in total. The van der Waals surface area contributed by atoms with E-state index >= 15 is 0 Å². The van der Waals surface area contributed by atoms with Crippen LogP contribution in [-0.2, 0) is 13.0 Å². The first-order valence-corrected chi connectivity index (χ1v) is 8.06. The van der Waals surface area contributed by atoms with Crippen LogP contribution in [0, 0.1) is 5.92 Å². The summed E-state index contributed by atoms with van der Waals surface area (Å²) in [7, 11) is 0. The molecule has 1 aromatic carbocycles. The van der Waals surface area contributed by atoms with E-state index < -0.39 is 0 Å². The third kappa shape index (κ3) is 3.17. The molecule has 1 aliphatic carbocycles. The monoisotopic (exact) mass is 273 g/mol. The maximum atomic E-state index is 5.94. The Kier molecular flexibility index (Phi) is 3.76. The Balaban J connectivity index is 1.59. The van der Waals surface area contributed by atoms with Gasteiger partial charge in [-0.15, -0.1) is 0 Å². The Labute approximate surface area is 122 Å². The molecule has 20 heavy (non-hydrogen) atoms. The average Bonchev–Trinajstić information content (AvgIpc) is 2.69. The van der Waals surface area contributed by atoms with E-state index in [-0.39, 0.29) is 5.60 Å². The molecule has 3 rings (SSSR count). The Hall–Kier alpha value is -1.02. The van der Waals surface area contributed by atoms with Gasteiger partial charge in [0, 0.05) is 19.0 Å². The molecule has 1 aliphatic heterocycles. The molecular weight excluding hydrogens is 246 g/mol. The van der Waals surface area contributed by atoms with E-state index in [4.69, 9.17) is 4.74 Å². The molecule has 0 saturated heterocycles. The predicted molar refractivity (Wildman–Crippen MR) is 83.1 cm³/mol. The lowest BCUT2D eigenvalue weighted by molar-refractivity contribution is 0.138. The fourth-order valence-corrected chi connectivity index (χ4v) is 3.65. The normalized spacial score (nSPS) is 27.9. The van der Waals surface area contributed by atoms with Crippen LogP contribution in [0.15, 0.2) is 18.2 Å². The second kappa shape index (κ2) is 5.40. The minimum absolute atomic E-state index is 0.0345. The highest BCUT2D eigenvalue weighted by Gasteiger charge is 2.29. The van der Waals surface area contributed by atoms with Crippen LogP contribution in [0.25, 0.3) is 0 Å². The fraction of sp³-hybridized carbons (Fsp3) is 0.667. The first kappa shape index (κ1) is 13.9.